The summed E-state index contributed by atoms with van der Waals surface area (Å²) in [6.07, 6.45) is 2.34. The van der Waals surface area contributed by atoms with Crippen LogP contribution in [0.25, 0.3) is 11.3 Å². The van der Waals surface area contributed by atoms with Crippen molar-refractivity contribution < 1.29 is 4.79 Å². The van der Waals surface area contributed by atoms with Gasteiger partial charge in [0.05, 0.1) is 5.69 Å². The molecule has 2 aromatic heterocycles. The lowest BCUT2D eigenvalue weighted by molar-refractivity contribution is -0.116. The van der Waals surface area contributed by atoms with E-state index in [0.29, 0.717) is 11.6 Å². The Morgan fingerprint density at radius 3 is 2.60 bits per heavy atom. The minimum atomic E-state index is 0.0369. The second-order valence-corrected chi connectivity index (χ2v) is 8.18. The van der Waals surface area contributed by atoms with Crippen molar-refractivity contribution in [3.05, 3.63) is 56.6 Å². The number of hydrogen-bond donors (Lipinski definition) is 1. The van der Waals surface area contributed by atoms with Crippen LogP contribution in [0.2, 0.25) is 0 Å². The number of carbonyl (C=O) groups is 1. The summed E-state index contributed by atoms with van der Waals surface area (Å²) in [4.78, 5) is 18.1. The fourth-order valence-electron chi connectivity index (χ4n) is 3.09. The van der Waals surface area contributed by atoms with E-state index in [-0.39, 0.29) is 5.91 Å². The summed E-state index contributed by atoms with van der Waals surface area (Å²) in [6, 6.07) is 8.50. The van der Waals surface area contributed by atoms with Gasteiger partial charge in [0.25, 0.3) is 0 Å². The van der Waals surface area contributed by atoms with Crippen molar-refractivity contribution in [2.24, 2.45) is 0 Å². The molecule has 0 aliphatic heterocycles. The monoisotopic (exact) mass is 370 g/mol. The van der Waals surface area contributed by atoms with Crippen molar-refractivity contribution >= 4 is 33.7 Å². The zero-order valence-electron chi connectivity index (χ0n) is 14.8. The second kappa shape index (κ2) is 7.93. The molecule has 0 saturated carbocycles. The van der Waals surface area contributed by atoms with Gasteiger partial charge in [-0.3, -0.25) is 4.79 Å². The van der Waals surface area contributed by atoms with Gasteiger partial charge >= 0.3 is 0 Å². The topological polar surface area (TPSA) is 42.0 Å². The van der Waals surface area contributed by atoms with E-state index in [0.717, 1.165) is 18.5 Å². The van der Waals surface area contributed by atoms with E-state index in [2.05, 4.69) is 54.7 Å². The fraction of sp³-hybridized carbons (Fsp3) is 0.300. The number of anilines is 1. The Morgan fingerprint density at radius 2 is 1.92 bits per heavy atom. The lowest BCUT2D eigenvalue weighted by Crippen LogP contribution is -2.11. The van der Waals surface area contributed by atoms with Gasteiger partial charge < -0.3 is 5.32 Å². The van der Waals surface area contributed by atoms with Gasteiger partial charge in [-0.2, -0.15) is 0 Å². The van der Waals surface area contributed by atoms with Gasteiger partial charge in [-0.1, -0.05) is 23.8 Å². The Kier molecular flexibility index (Phi) is 5.66. The molecule has 0 atom stereocenters. The lowest BCUT2D eigenvalue weighted by Gasteiger charge is -2.08. The van der Waals surface area contributed by atoms with E-state index >= 15 is 0 Å². The van der Waals surface area contributed by atoms with E-state index in [1.807, 2.05) is 11.4 Å². The number of benzene rings is 1. The molecule has 3 rings (SSSR count). The van der Waals surface area contributed by atoms with Gasteiger partial charge in [0, 0.05) is 22.2 Å². The maximum atomic E-state index is 12.1. The van der Waals surface area contributed by atoms with E-state index in [4.69, 9.17) is 0 Å². The average molecular weight is 371 g/mol. The fourth-order valence-corrected chi connectivity index (χ4v) is 4.56. The van der Waals surface area contributed by atoms with Crippen molar-refractivity contribution in [1.82, 2.24) is 4.98 Å². The molecule has 2 heterocycles. The van der Waals surface area contributed by atoms with Crippen LogP contribution in [0.3, 0.4) is 0 Å². The molecule has 0 radical (unpaired) electrons. The maximum Gasteiger partial charge on any atom is 0.226 e. The van der Waals surface area contributed by atoms with Gasteiger partial charge in [0.2, 0.25) is 5.91 Å². The van der Waals surface area contributed by atoms with E-state index < -0.39 is 0 Å². The number of aromatic nitrogens is 1. The van der Waals surface area contributed by atoms with Crippen LogP contribution < -0.4 is 5.32 Å². The summed E-state index contributed by atoms with van der Waals surface area (Å²) in [6.45, 7) is 6.32. The molecule has 1 amide bonds. The molecule has 5 heteroatoms. The number of aryl methyl sites for hydroxylation is 4. The predicted octanol–water partition coefficient (Wildman–Crippen LogP) is 5.76. The van der Waals surface area contributed by atoms with Crippen LogP contribution in [0, 0.1) is 20.8 Å². The van der Waals surface area contributed by atoms with Crippen LogP contribution in [-0.4, -0.2) is 10.9 Å². The molecular weight excluding hydrogens is 348 g/mol. The molecule has 0 fully saturated rings. The molecule has 0 saturated heterocycles. The van der Waals surface area contributed by atoms with Crippen molar-refractivity contribution in [1.29, 1.82) is 0 Å². The van der Waals surface area contributed by atoms with Crippen LogP contribution >= 0.6 is 22.7 Å². The molecule has 1 N–H and O–H groups in total. The molecule has 0 bridgehead atoms. The first-order chi connectivity index (χ1) is 12.0. The van der Waals surface area contributed by atoms with E-state index in [1.54, 1.807) is 11.3 Å². The van der Waals surface area contributed by atoms with Crippen molar-refractivity contribution in [2.45, 2.75) is 40.0 Å². The molecule has 25 heavy (non-hydrogen) atoms. The number of amides is 1. The van der Waals surface area contributed by atoms with Gasteiger partial charge in [0.1, 0.15) is 0 Å². The Hall–Kier alpha value is -1.98. The minimum absolute atomic E-state index is 0.0369. The first-order valence-corrected chi connectivity index (χ1v) is 10.1. The van der Waals surface area contributed by atoms with Gasteiger partial charge in [-0.25, -0.2) is 4.98 Å². The van der Waals surface area contributed by atoms with Crippen LogP contribution in [0.5, 0.6) is 0 Å². The SMILES string of the molecule is Cc1cc(C)c(-c2csc(NC(=O)CCCc3cccs3)n2)c(C)c1. The van der Waals surface area contributed by atoms with Gasteiger partial charge in [0.15, 0.2) is 5.13 Å². The lowest BCUT2D eigenvalue weighted by atomic mass is 9.98. The Balaban J connectivity index is 1.61. The predicted molar refractivity (Wildman–Crippen MR) is 108 cm³/mol. The zero-order chi connectivity index (χ0) is 17.8. The molecule has 3 aromatic rings. The number of nitrogens with one attached hydrogen (secondary N) is 1. The summed E-state index contributed by atoms with van der Waals surface area (Å²) in [5.41, 5.74) is 5.80. The highest BCUT2D eigenvalue weighted by Crippen LogP contribution is 2.31. The Bertz CT molecular complexity index is 843. The number of rotatable bonds is 6. The number of carbonyl (C=O) groups excluding carboxylic acids is 1. The molecule has 1 aromatic carbocycles. The summed E-state index contributed by atoms with van der Waals surface area (Å²) >= 11 is 3.23. The largest absolute Gasteiger partial charge is 0.302 e. The number of hydrogen-bond acceptors (Lipinski definition) is 4. The number of thiophene rings is 1. The maximum absolute atomic E-state index is 12.1. The molecule has 3 nitrogen and oxygen atoms in total. The van der Waals surface area contributed by atoms with Crippen molar-refractivity contribution in [3.8, 4) is 11.3 Å². The van der Waals surface area contributed by atoms with Crippen LogP contribution in [0.15, 0.2) is 35.0 Å². The zero-order valence-corrected chi connectivity index (χ0v) is 16.4. The highest BCUT2D eigenvalue weighted by atomic mass is 32.1. The van der Waals surface area contributed by atoms with Gasteiger partial charge in [-0.05, 0) is 56.2 Å². The third-order valence-electron chi connectivity index (χ3n) is 4.09. The van der Waals surface area contributed by atoms with Crippen LogP contribution in [0.4, 0.5) is 5.13 Å². The molecule has 0 aliphatic rings. The quantitative estimate of drug-likeness (QED) is 0.599. The highest BCUT2D eigenvalue weighted by Gasteiger charge is 2.12. The molecule has 0 unspecified atom stereocenters. The first-order valence-electron chi connectivity index (χ1n) is 8.39. The van der Waals surface area contributed by atoms with E-state index in [1.165, 1.54) is 38.5 Å². The molecule has 130 valence electrons. The standard InChI is InChI=1S/C20H22N2OS2/c1-13-10-14(2)19(15(3)11-13)17-12-25-20(21-17)22-18(23)8-4-6-16-7-5-9-24-16/h5,7,9-12H,4,6,8H2,1-3H3,(H,21,22,23). The molecular formula is C20H22N2OS2. The first kappa shape index (κ1) is 17.8. The summed E-state index contributed by atoms with van der Waals surface area (Å²) in [7, 11) is 0. The molecule has 0 aliphatic carbocycles. The average Bonchev–Trinajstić information content (AvgIpc) is 3.18. The second-order valence-electron chi connectivity index (χ2n) is 6.29. The van der Waals surface area contributed by atoms with Gasteiger partial charge in [-0.15, -0.1) is 22.7 Å². The smallest absolute Gasteiger partial charge is 0.226 e. The minimum Gasteiger partial charge on any atom is -0.302 e. The number of thiazole rings is 1. The normalized spacial score (nSPS) is 10.8. The summed E-state index contributed by atoms with van der Waals surface area (Å²) < 4.78 is 0. The van der Waals surface area contributed by atoms with Crippen LogP contribution in [0.1, 0.15) is 34.4 Å². The van der Waals surface area contributed by atoms with Crippen molar-refractivity contribution in [3.63, 3.8) is 0 Å². The molecule has 0 spiro atoms. The summed E-state index contributed by atoms with van der Waals surface area (Å²) in [5, 5.41) is 7.70. The third kappa shape index (κ3) is 4.55. The summed E-state index contributed by atoms with van der Waals surface area (Å²) in [5.74, 6) is 0.0369. The Labute approximate surface area is 156 Å². The van der Waals surface area contributed by atoms with Crippen LogP contribution in [-0.2, 0) is 11.2 Å². The third-order valence-corrected chi connectivity index (χ3v) is 5.78. The van der Waals surface area contributed by atoms with E-state index in [9.17, 15) is 4.79 Å². The highest BCUT2D eigenvalue weighted by molar-refractivity contribution is 7.14. The number of nitrogens with zero attached hydrogens (tertiary/aromatic N) is 1. The Morgan fingerprint density at radius 1 is 1.16 bits per heavy atom. The van der Waals surface area contributed by atoms with Crippen molar-refractivity contribution in [2.75, 3.05) is 5.32 Å².